The summed E-state index contributed by atoms with van der Waals surface area (Å²) in [5.41, 5.74) is 3.76. The zero-order valence-corrected chi connectivity index (χ0v) is 16.4. The highest BCUT2D eigenvalue weighted by Gasteiger charge is 2.19. The molecule has 0 aromatic heterocycles. The molecule has 7 heteroatoms. The highest BCUT2D eigenvalue weighted by molar-refractivity contribution is 7.86. The van der Waals surface area contributed by atoms with Gasteiger partial charge in [0.05, 0.1) is 12.4 Å². The van der Waals surface area contributed by atoms with E-state index in [0.29, 0.717) is 18.5 Å². The van der Waals surface area contributed by atoms with E-state index in [9.17, 15) is 13.2 Å². The van der Waals surface area contributed by atoms with Crippen LogP contribution in [0.1, 0.15) is 30.4 Å². The van der Waals surface area contributed by atoms with E-state index >= 15 is 0 Å². The third kappa shape index (κ3) is 6.21. The minimum atomic E-state index is -3.43. The first kappa shape index (κ1) is 20.1. The largest absolute Gasteiger partial charge is 0.444 e. The molecule has 28 heavy (non-hydrogen) atoms. The van der Waals surface area contributed by atoms with Crippen LogP contribution in [0.15, 0.2) is 60.7 Å². The third-order valence-electron chi connectivity index (χ3n) is 4.39. The molecule has 0 saturated carbocycles. The van der Waals surface area contributed by atoms with E-state index in [1.807, 2.05) is 60.7 Å². The number of ether oxygens (including phenoxy) is 1. The van der Waals surface area contributed by atoms with Crippen LogP contribution in [-0.4, -0.2) is 26.9 Å². The zero-order valence-electron chi connectivity index (χ0n) is 15.6. The molecule has 1 N–H and O–H groups in total. The summed E-state index contributed by atoms with van der Waals surface area (Å²) in [7, 11) is -3.43. The van der Waals surface area contributed by atoms with Crippen LogP contribution < -0.4 is 5.32 Å². The summed E-state index contributed by atoms with van der Waals surface area (Å²) >= 11 is 0. The molecule has 0 radical (unpaired) electrons. The Hall–Kier alpha value is -2.64. The van der Waals surface area contributed by atoms with Crippen molar-refractivity contribution >= 4 is 27.5 Å². The number of rotatable bonds is 6. The topological polar surface area (TPSA) is 81.7 Å². The molecule has 2 aromatic carbocycles. The molecule has 0 saturated heterocycles. The van der Waals surface area contributed by atoms with Gasteiger partial charge in [0.1, 0.15) is 6.61 Å². The number of allylic oxidation sites excluding steroid dienone is 1. The van der Waals surface area contributed by atoms with Crippen molar-refractivity contribution in [1.29, 1.82) is 0 Å². The second kappa shape index (κ2) is 9.03. The van der Waals surface area contributed by atoms with Gasteiger partial charge in [-0.05, 0) is 48.1 Å². The molecule has 1 aliphatic carbocycles. The Kier molecular flexibility index (Phi) is 6.49. The maximum Gasteiger partial charge on any atom is 0.411 e. The fourth-order valence-electron chi connectivity index (χ4n) is 3.05. The molecule has 0 spiro atoms. The van der Waals surface area contributed by atoms with E-state index in [2.05, 4.69) is 5.32 Å². The molecule has 0 fully saturated rings. The Morgan fingerprint density at radius 1 is 1.11 bits per heavy atom. The van der Waals surface area contributed by atoms with Gasteiger partial charge in [0.15, 0.2) is 0 Å². The number of hydrogen-bond donors (Lipinski definition) is 1. The standard InChI is InChI=1S/C21H23NO5S/c1-28(24,25)27-20-13-9-18(10-14-20)17-7-11-19(12-8-17)22-21(23)26-15-16-5-3-2-4-6-16/h2-9,11-12,20H,10,13-15H2,1H3,(H,22,23). The fourth-order valence-corrected chi connectivity index (χ4v) is 3.72. The van der Waals surface area contributed by atoms with Crippen molar-refractivity contribution in [2.45, 2.75) is 32.0 Å². The fraction of sp³-hybridized carbons (Fsp3) is 0.286. The average Bonchev–Trinajstić information content (AvgIpc) is 2.67. The lowest BCUT2D eigenvalue weighted by molar-refractivity contribution is 0.155. The third-order valence-corrected chi connectivity index (χ3v) is 5.01. The van der Waals surface area contributed by atoms with Crippen molar-refractivity contribution in [1.82, 2.24) is 0 Å². The van der Waals surface area contributed by atoms with E-state index in [0.717, 1.165) is 29.4 Å². The van der Waals surface area contributed by atoms with Crippen LogP contribution in [0.2, 0.25) is 0 Å². The molecule has 1 amide bonds. The van der Waals surface area contributed by atoms with Crippen molar-refractivity contribution in [2.24, 2.45) is 0 Å². The number of nitrogens with one attached hydrogen (secondary N) is 1. The lowest BCUT2D eigenvalue weighted by Gasteiger charge is -2.21. The van der Waals surface area contributed by atoms with Gasteiger partial charge in [-0.1, -0.05) is 48.5 Å². The average molecular weight is 401 g/mol. The summed E-state index contributed by atoms with van der Waals surface area (Å²) in [5, 5.41) is 2.71. The molecule has 1 unspecified atom stereocenters. The Bertz CT molecular complexity index is 937. The van der Waals surface area contributed by atoms with Gasteiger partial charge in [0.2, 0.25) is 0 Å². The molecule has 6 nitrogen and oxygen atoms in total. The predicted octanol–water partition coefficient (Wildman–Crippen LogP) is 4.35. The lowest BCUT2D eigenvalue weighted by Crippen LogP contribution is -2.19. The Morgan fingerprint density at radius 2 is 1.82 bits per heavy atom. The van der Waals surface area contributed by atoms with Crippen LogP contribution >= 0.6 is 0 Å². The maximum absolute atomic E-state index is 11.9. The summed E-state index contributed by atoms with van der Waals surface area (Å²) in [6.45, 7) is 0.217. The second-order valence-corrected chi connectivity index (χ2v) is 8.29. The van der Waals surface area contributed by atoms with Crippen molar-refractivity contribution in [3.05, 3.63) is 71.8 Å². The first-order chi connectivity index (χ1) is 13.4. The Labute approximate surface area is 165 Å². The summed E-state index contributed by atoms with van der Waals surface area (Å²) < 4.78 is 32.7. The highest BCUT2D eigenvalue weighted by Crippen LogP contribution is 2.29. The minimum absolute atomic E-state index is 0.217. The second-order valence-electron chi connectivity index (χ2n) is 6.69. The van der Waals surface area contributed by atoms with Crippen LogP contribution in [0.4, 0.5) is 10.5 Å². The molecule has 0 bridgehead atoms. The minimum Gasteiger partial charge on any atom is -0.444 e. The van der Waals surface area contributed by atoms with E-state index < -0.39 is 16.2 Å². The van der Waals surface area contributed by atoms with Gasteiger partial charge >= 0.3 is 6.09 Å². The molecule has 148 valence electrons. The van der Waals surface area contributed by atoms with Crippen LogP contribution in [0.3, 0.4) is 0 Å². The van der Waals surface area contributed by atoms with Gasteiger partial charge < -0.3 is 4.74 Å². The quantitative estimate of drug-likeness (QED) is 0.728. The molecular weight excluding hydrogens is 378 g/mol. The van der Waals surface area contributed by atoms with Crippen LogP contribution in [0, 0.1) is 0 Å². The van der Waals surface area contributed by atoms with Crippen molar-refractivity contribution in [3.63, 3.8) is 0 Å². The maximum atomic E-state index is 11.9. The van der Waals surface area contributed by atoms with E-state index in [-0.39, 0.29) is 12.7 Å². The monoisotopic (exact) mass is 401 g/mol. The van der Waals surface area contributed by atoms with Gasteiger partial charge in [-0.2, -0.15) is 8.42 Å². The lowest BCUT2D eigenvalue weighted by atomic mass is 9.92. The van der Waals surface area contributed by atoms with Gasteiger partial charge in [-0.25, -0.2) is 4.79 Å². The first-order valence-corrected chi connectivity index (χ1v) is 10.9. The summed E-state index contributed by atoms with van der Waals surface area (Å²) in [6.07, 6.45) is 4.25. The molecular formula is C21H23NO5S. The normalized spacial score (nSPS) is 16.9. The van der Waals surface area contributed by atoms with Crippen molar-refractivity contribution < 1.29 is 22.1 Å². The van der Waals surface area contributed by atoms with Gasteiger partial charge in [-0.15, -0.1) is 0 Å². The smallest absolute Gasteiger partial charge is 0.411 e. The Balaban J connectivity index is 1.51. The molecule has 3 rings (SSSR count). The molecule has 1 aliphatic rings. The van der Waals surface area contributed by atoms with E-state index in [4.69, 9.17) is 8.92 Å². The molecule has 0 heterocycles. The number of benzene rings is 2. The van der Waals surface area contributed by atoms with Crippen molar-refractivity contribution in [2.75, 3.05) is 11.6 Å². The van der Waals surface area contributed by atoms with E-state index in [1.165, 1.54) is 0 Å². The molecule has 0 aliphatic heterocycles. The molecule has 1 atom stereocenters. The van der Waals surface area contributed by atoms with Crippen LogP contribution in [0.5, 0.6) is 0 Å². The summed E-state index contributed by atoms with van der Waals surface area (Å²) in [4.78, 5) is 11.9. The number of amides is 1. The number of carbonyl (C=O) groups is 1. The SMILES string of the molecule is CS(=O)(=O)OC1CC=C(c2ccc(NC(=O)OCc3ccccc3)cc2)CC1. The number of anilines is 1. The zero-order chi connectivity index (χ0) is 20.0. The number of hydrogen-bond acceptors (Lipinski definition) is 5. The molecule has 2 aromatic rings. The van der Waals surface area contributed by atoms with Crippen LogP contribution in [0.25, 0.3) is 5.57 Å². The predicted molar refractivity (Wildman–Crippen MR) is 108 cm³/mol. The van der Waals surface area contributed by atoms with E-state index in [1.54, 1.807) is 0 Å². The number of carbonyl (C=O) groups excluding carboxylic acids is 1. The van der Waals surface area contributed by atoms with Gasteiger partial charge in [0.25, 0.3) is 10.1 Å². The van der Waals surface area contributed by atoms with Crippen molar-refractivity contribution in [3.8, 4) is 0 Å². The highest BCUT2D eigenvalue weighted by atomic mass is 32.2. The van der Waals surface area contributed by atoms with Gasteiger partial charge in [0, 0.05) is 5.69 Å². The van der Waals surface area contributed by atoms with Gasteiger partial charge in [-0.3, -0.25) is 9.50 Å². The first-order valence-electron chi connectivity index (χ1n) is 9.04. The summed E-state index contributed by atoms with van der Waals surface area (Å²) in [6, 6.07) is 17.0. The summed E-state index contributed by atoms with van der Waals surface area (Å²) in [5.74, 6) is 0. The Morgan fingerprint density at radius 3 is 2.43 bits per heavy atom. The van der Waals surface area contributed by atoms with Crippen LogP contribution in [-0.2, 0) is 25.6 Å².